The van der Waals surface area contributed by atoms with Crippen LogP contribution < -0.4 is 78.4 Å². The van der Waals surface area contributed by atoms with Crippen molar-refractivity contribution in [1.82, 2.24) is 0 Å². The molecule has 0 amide bonds. The van der Waals surface area contributed by atoms with Crippen molar-refractivity contribution in [3.8, 4) is 11.5 Å². The number of rotatable bonds is 4. The molecule has 6 nitrogen and oxygen atoms in total. The molecule has 7 heterocycles. The molecule has 0 bridgehead atoms. The summed E-state index contributed by atoms with van der Waals surface area (Å²) in [7, 11) is 0. The average molecular weight is 1180 g/mol. The lowest BCUT2D eigenvalue weighted by atomic mass is 9.27. The molecule has 11 aromatic carbocycles. The van der Waals surface area contributed by atoms with Crippen molar-refractivity contribution in [3.63, 3.8) is 0 Å². The number of hydrogen-bond acceptors (Lipinski definition) is 6. The molecule has 0 saturated heterocycles. The summed E-state index contributed by atoms with van der Waals surface area (Å²) >= 11 is 0. The van der Waals surface area contributed by atoms with Gasteiger partial charge < -0.3 is 29.2 Å². The Hall–Kier alpha value is -9.59. The monoisotopic (exact) mass is 1180 g/mol. The maximum Gasteiger partial charge on any atom is 0.252 e. The van der Waals surface area contributed by atoms with E-state index in [9.17, 15) is 8.22 Å². The van der Waals surface area contributed by atoms with E-state index in [0.29, 0.717) is 22.7 Å². The number of anilines is 15. The Morgan fingerprint density at radius 3 is 1.00 bits per heavy atom. The van der Waals surface area contributed by atoms with Crippen LogP contribution >= 0.6 is 0 Å². The van der Waals surface area contributed by atoms with Crippen molar-refractivity contribution in [2.24, 2.45) is 0 Å². The lowest BCUT2D eigenvalue weighted by molar-refractivity contribution is 0.470. The van der Waals surface area contributed by atoms with E-state index < -0.39 is 13.4 Å². The van der Waals surface area contributed by atoms with Gasteiger partial charge in [0.25, 0.3) is 20.1 Å². The molecular weight excluding hydrogens is 1100 g/mol. The number of hydrogen-bond donors (Lipinski definition) is 0. The Bertz CT molecular complexity index is 5410. The van der Waals surface area contributed by atoms with E-state index in [0.717, 1.165) is 140 Å². The van der Waals surface area contributed by atoms with Gasteiger partial charge in [-0.15, -0.1) is 0 Å². The zero-order chi connectivity index (χ0) is 69.1. The van der Waals surface area contributed by atoms with Crippen molar-refractivity contribution in [2.75, 3.05) is 24.5 Å². The quantitative estimate of drug-likeness (QED) is 0.163. The fourth-order valence-electron chi connectivity index (χ4n) is 16.1. The van der Waals surface area contributed by atoms with Gasteiger partial charge in [0, 0.05) is 73.9 Å². The summed E-state index contributed by atoms with van der Waals surface area (Å²) in [5.74, 6) is 1.53. The normalized spacial score (nSPS) is 16.2. The molecule has 7 aliphatic rings. The lowest BCUT2D eigenvalue weighted by Crippen LogP contribution is -2.70. The van der Waals surface area contributed by atoms with Gasteiger partial charge >= 0.3 is 0 Å². The molecule has 7 aliphatic heterocycles. The summed E-state index contributed by atoms with van der Waals surface area (Å²) < 4.78 is 82.0. The van der Waals surface area contributed by atoms with Gasteiger partial charge in [0.15, 0.2) is 11.5 Å². The molecule has 0 unspecified atom stereocenters. The minimum atomic E-state index is -0.482. The largest absolute Gasteiger partial charge is 0.453 e. The number of benzene rings is 11. The minimum Gasteiger partial charge on any atom is -0.453 e. The Kier molecular flexibility index (Phi) is 9.47. The summed E-state index contributed by atoms with van der Waals surface area (Å²) in [5, 5.41) is 0. The first-order chi connectivity index (χ1) is 46.9. The fraction of sp³-hybridized carbons (Fsp3) is 0.195. The Labute approximate surface area is 548 Å². The zero-order valence-corrected chi connectivity index (χ0v) is 53.5. The average Bonchev–Trinajstić information content (AvgIpc) is 0.658. The van der Waals surface area contributed by atoms with E-state index in [2.05, 4.69) is 205 Å². The van der Waals surface area contributed by atoms with Crippen LogP contribution in [0, 0.1) is 0 Å². The molecule has 11 aromatic rings. The van der Waals surface area contributed by atoms with Crippen molar-refractivity contribution in [1.29, 1.82) is 0 Å². The SMILES string of the molecule is [2H]c1cc([2H])cc(N2c3ccc(C(C)(C)C)cc3B3c4cc5c(cc4N(c4cc([2H])cc([2H])c4)c4cccc2c43)N(c2cc([2H])cc([2H])c2)c2cc3c4c6c2B5c2cc(C(C)(C)C)cc5c2N6c2c(cc(C(C)(C)C)cc2B4c2cc(C(C)(C)C)ccc2N3c2cc([2H])cc([2H])c2)O5)c1. The Morgan fingerprint density at radius 1 is 0.275 bits per heavy atom. The van der Waals surface area contributed by atoms with Crippen LogP contribution in [0.3, 0.4) is 0 Å². The van der Waals surface area contributed by atoms with Crippen LogP contribution in [-0.2, 0) is 21.7 Å². The molecule has 9 heteroatoms. The van der Waals surface area contributed by atoms with Crippen LogP contribution in [0.15, 0.2) is 218 Å². The van der Waals surface area contributed by atoms with Crippen LogP contribution in [0.5, 0.6) is 11.5 Å². The zero-order valence-electron chi connectivity index (χ0n) is 61.5. The molecule has 0 aromatic heterocycles. The van der Waals surface area contributed by atoms with E-state index in [1.54, 1.807) is 24.3 Å². The summed E-state index contributed by atoms with van der Waals surface area (Å²) in [6.07, 6.45) is 0. The third-order valence-electron chi connectivity index (χ3n) is 20.4. The highest BCUT2D eigenvalue weighted by Gasteiger charge is 2.56. The van der Waals surface area contributed by atoms with Gasteiger partial charge in [-0.1, -0.05) is 204 Å². The van der Waals surface area contributed by atoms with Gasteiger partial charge in [0.2, 0.25) is 0 Å². The highest BCUT2D eigenvalue weighted by Crippen LogP contribution is 2.58. The van der Waals surface area contributed by atoms with E-state index in [1.165, 1.54) is 5.56 Å². The van der Waals surface area contributed by atoms with Gasteiger partial charge in [-0.2, -0.15) is 0 Å². The third-order valence-corrected chi connectivity index (χ3v) is 20.4. The molecule has 440 valence electrons. The second kappa shape index (κ2) is 18.5. The van der Waals surface area contributed by atoms with Crippen molar-refractivity contribution >= 4 is 155 Å². The van der Waals surface area contributed by atoms with Gasteiger partial charge in [-0.3, -0.25) is 0 Å². The molecule has 0 radical (unpaired) electrons. The number of para-hydroxylation sites is 4. The van der Waals surface area contributed by atoms with E-state index in [4.69, 9.17) is 7.48 Å². The predicted molar refractivity (Wildman–Crippen MR) is 389 cm³/mol. The molecule has 0 fully saturated rings. The second-order valence-electron chi connectivity index (χ2n) is 30.0. The Balaban J connectivity index is 1.03. The minimum absolute atomic E-state index is 0.184. The predicted octanol–water partition coefficient (Wildman–Crippen LogP) is 15.8. The van der Waals surface area contributed by atoms with Crippen LogP contribution in [0.1, 0.15) is 116 Å². The maximum absolute atomic E-state index is 9.54. The topological polar surface area (TPSA) is 25.4 Å². The molecule has 0 N–H and O–H groups in total. The first-order valence-electron chi connectivity index (χ1n) is 36.1. The van der Waals surface area contributed by atoms with Crippen LogP contribution in [0.4, 0.5) is 85.3 Å². The second-order valence-corrected chi connectivity index (χ2v) is 30.0. The standard InChI is InChI=1S/C82H72B3N5O/c1-79(2,3)49-36-38-63-57(40-49)83-59-46-60-68(47-67(59)88(55-30-21-15-22-31-55)66-35-25-34-65(73(66)83)86(63)53-26-17-13-18-27-53)89(56-32-23-16-24-33-56)70-48-69-74-78-75(70)85(60)62-43-52(82(10,11)12)45-72-77(62)90(78)76-61(42-51(81(7,8)9)44-71(76)91-72)84(74)58-41-50(80(4,5)6)37-39-64(58)87(69)54-28-19-14-20-29-54/h13-48H,1-12H3/i17D,18D,19D,20D,21D,22D,23D,24D. The molecule has 18 rings (SSSR count). The molecule has 0 atom stereocenters. The highest BCUT2D eigenvalue weighted by molar-refractivity contribution is 7.06. The lowest BCUT2D eigenvalue weighted by Gasteiger charge is -2.53. The van der Waals surface area contributed by atoms with E-state index in [1.807, 2.05) is 48.5 Å². The highest BCUT2D eigenvalue weighted by atomic mass is 16.5. The van der Waals surface area contributed by atoms with Crippen molar-refractivity contribution in [2.45, 2.75) is 105 Å². The van der Waals surface area contributed by atoms with Gasteiger partial charge in [0.1, 0.15) is 0 Å². The maximum atomic E-state index is 9.54. The first-order valence-corrected chi connectivity index (χ1v) is 32.1. The van der Waals surface area contributed by atoms with Crippen LogP contribution in [0.25, 0.3) is 0 Å². The fourth-order valence-corrected chi connectivity index (χ4v) is 16.1. The van der Waals surface area contributed by atoms with Crippen molar-refractivity contribution < 1.29 is 15.7 Å². The summed E-state index contributed by atoms with van der Waals surface area (Å²) in [6, 6.07) is 59.3. The van der Waals surface area contributed by atoms with Crippen LogP contribution in [0.2, 0.25) is 0 Å². The smallest absolute Gasteiger partial charge is 0.252 e. The molecule has 0 saturated carbocycles. The van der Waals surface area contributed by atoms with Gasteiger partial charge in [0.05, 0.1) is 22.3 Å². The Morgan fingerprint density at radius 2 is 0.604 bits per heavy atom. The van der Waals surface area contributed by atoms with E-state index in [-0.39, 0.29) is 76.7 Å². The number of ether oxygens (including phenoxy) is 1. The van der Waals surface area contributed by atoms with E-state index >= 15 is 0 Å². The van der Waals surface area contributed by atoms with Crippen LogP contribution in [-0.4, -0.2) is 20.1 Å². The number of fused-ring (bicyclic) bond motifs is 10. The summed E-state index contributed by atoms with van der Waals surface area (Å²) in [4.78, 5) is 11.5. The molecule has 0 spiro atoms. The van der Waals surface area contributed by atoms with Crippen molar-refractivity contribution in [3.05, 3.63) is 240 Å². The first kappa shape index (κ1) is 46.5. The molecular formula is C82H72B3N5O. The summed E-state index contributed by atoms with van der Waals surface area (Å²) in [6.45, 7) is 25.9. The third kappa shape index (κ3) is 7.64. The van der Waals surface area contributed by atoms with Gasteiger partial charge in [-0.25, -0.2) is 0 Å². The number of nitrogens with zero attached hydrogens (tertiary/aromatic N) is 5. The molecule has 91 heavy (non-hydrogen) atoms. The molecule has 0 aliphatic carbocycles. The van der Waals surface area contributed by atoms with Gasteiger partial charge in [-0.05, 0) is 190 Å². The summed E-state index contributed by atoms with van der Waals surface area (Å²) in [5.41, 5.74) is 25.5.